The molecule has 0 aromatic heterocycles. The Kier molecular flexibility index (Phi) is 4.36. The molecule has 0 aliphatic carbocycles. The maximum Gasteiger partial charge on any atom is 0.195 e. The third-order valence-electron chi connectivity index (χ3n) is 3.77. The highest BCUT2D eigenvalue weighted by Gasteiger charge is 2.19. The van der Waals surface area contributed by atoms with Crippen LogP contribution in [0.2, 0.25) is 5.02 Å². The van der Waals surface area contributed by atoms with Gasteiger partial charge in [0.2, 0.25) is 0 Å². The summed E-state index contributed by atoms with van der Waals surface area (Å²) in [5, 5.41) is 0.474. The van der Waals surface area contributed by atoms with E-state index in [0.29, 0.717) is 10.6 Å². The van der Waals surface area contributed by atoms with Crippen LogP contribution in [0.3, 0.4) is 0 Å². The van der Waals surface area contributed by atoms with Crippen molar-refractivity contribution in [3.8, 4) is 0 Å². The number of rotatable bonds is 2. The minimum atomic E-state index is -0.00991. The lowest BCUT2D eigenvalue weighted by molar-refractivity contribution is 0.103. The summed E-state index contributed by atoms with van der Waals surface area (Å²) in [6.07, 6.45) is 0. The fourth-order valence-corrected chi connectivity index (χ4v) is 3.12. The molecule has 0 unspecified atom stereocenters. The van der Waals surface area contributed by atoms with E-state index in [-0.39, 0.29) is 5.78 Å². The van der Waals surface area contributed by atoms with E-state index in [1.807, 2.05) is 33.8 Å². The summed E-state index contributed by atoms with van der Waals surface area (Å²) in [4.78, 5) is 12.8. The van der Waals surface area contributed by atoms with Gasteiger partial charge in [-0.25, -0.2) is 0 Å². The maximum atomic E-state index is 12.8. The van der Waals surface area contributed by atoms with Crippen molar-refractivity contribution in [1.82, 2.24) is 0 Å². The van der Waals surface area contributed by atoms with E-state index in [1.54, 1.807) is 12.1 Å². The summed E-state index contributed by atoms with van der Waals surface area (Å²) in [5.41, 5.74) is 5.63. The van der Waals surface area contributed by atoms with Crippen molar-refractivity contribution in [1.29, 1.82) is 0 Å². The molecule has 0 aliphatic heterocycles. The van der Waals surface area contributed by atoms with Crippen LogP contribution in [-0.2, 0) is 0 Å². The van der Waals surface area contributed by atoms with Crippen LogP contribution < -0.4 is 0 Å². The van der Waals surface area contributed by atoms with Crippen LogP contribution in [0.25, 0.3) is 0 Å². The molecule has 1 nitrogen and oxygen atoms in total. The first-order chi connectivity index (χ1) is 9.32. The van der Waals surface area contributed by atoms with E-state index in [9.17, 15) is 4.79 Å². The number of hydrogen-bond donors (Lipinski definition) is 0. The van der Waals surface area contributed by atoms with Crippen LogP contribution in [0.1, 0.15) is 38.2 Å². The number of carbonyl (C=O) groups is 1. The molecule has 0 aliphatic rings. The fourth-order valence-electron chi connectivity index (χ4n) is 2.37. The first-order valence-corrected chi connectivity index (χ1v) is 7.57. The van der Waals surface area contributed by atoms with Gasteiger partial charge >= 0.3 is 0 Å². The summed E-state index contributed by atoms with van der Waals surface area (Å²) in [5.74, 6) is -0.00991. The third kappa shape index (κ3) is 2.68. The quantitative estimate of drug-likeness (QED) is 0.647. The second-order valence-corrected chi connectivity index (χ2v) is 6.41. The zero-order valence-electron chi connectivity index (χ0n) is 12.0. The molecule has 0 radical (unpaired) electrons. The molecule has 0 atom stereocenters. The largest absolute Gasteiger partial charge is 0.289 e. The average molecular weight is 352 g/mol. The standard InChI is InChI=1S/C17H16BrClO/c1-9-7-10(2)12(4)16(11(9)3)17(20)14-6-5-13(18)8-15(14)19/h5-8H,1-4H3. The molecule has 104 valence electrons. The molecule has 0 amide bonds. The number of benzene rings is 2. The molecule has 2 rings (SSSR count). The van der Waals surface area contributed by atoms with Crippen LogP contribution in [0.15, 0.2) is 28.7 Å². The molecular weight excluding hydrogens is 336 g/mol. The molecule has 0 saturated carbocycles. The maximum absolute atomic E-state index is 12.8. The Morgan fingerprint density at radius 3 is 2.05 bits per heavy atom. The normalized spacial score (nSPS) is 10.7. The second-order valence-electron chi connectivity index (χ2n) is 5.09. The molecular formula is C17H16BrClO. The molecule has 3 heteroatoms. The minimum absolute atomic E-state index is 0.00991. The molecule has 2 aromatic rings. The number of aryl methyl sites for hydroxylation is 2. The van der Waals surface area contributed by atoms with Crippen LogP contribution in [0.4, 0.5) is 0 Å². The summed E-state index contributed by atoms with van der Waals surface area (Å²) in [6, 6.07) is 7.48. The Labute approximate surface area is 133 Å². The predicted octanol–water partition coefficient (Wildman–Crippen LogP) is 5.57. The summed E-state index contributed by atoms with van der Waals surface area (Å²) in [7, 11) is 0. The van der Waals surface area contributed by atoms with E-state index < -0.39 is 0 Å². The molecule has 0 heterocycles. The monoisotopic (exact) mass is 350 g/mol. The number of ketones is 1. The smallest absolute Gasteiger partial charge is 0.195 e. The lowest BCUT2D eigenvalue weighted by atomic mass is 9.89. The van der Waals surface area contributed by atoms with Crippen molar-refractivity contribution in [2.75, 3.05) is 0 Å². The Morgan fingerprint density at radius 1 is 1.00 bits per heavy atom. The molecule has 0 saturated heterocycles. The third-order valence-corrected chi connectivity index (χ3v) is 4.57. The molecule has 0 N–H and O–H groups in total. The van der Waals surface area contributed by atoms with Crippen LogP contribution in [0.5, 0.6) is 0 Å². The van der Waals surface area contributed by atoms with Crippen molar-refractivity contribution in [3.63, 3.8) is 0 Å². The zero-order chi connectivity index (χ0) is 15.0. The van der Waals surface area contributed by atoms with Gasteiger partial charge in [-0.15, -0.1) is 0 Å². The van der Waals surface area contributed by atoms with Crippen molar-refractivity contribution >= 4 is 33.3 Å². The highest BCUT2D eigenvalue weighted by atomic mass is 79.9. The molecule has 20 heavy (non-hydrogen) atoms. The zero-order valence-corrected chi connectivity index (χ0v) is 14.3. The first kappa shape index (κ1) is 15.3. The number of hydrogen-bond acceptors (Lipinski definition) is 1. The first-order valence-electron chi connectivity index (χ1n) is 6.40. The number of carbonyl (C=O) groups excluding carboxylic acids is 1. The lowest BCUT2D eigenvalue weighted by Crippen LogP contribution is -2.09. The molecule has 0 bridgehead atoms. The van der Waals surface area contributed by atoms with E-state index in [0.717, 1.165) is 32.3 Å². The Bertz CT molecular complexity index is 678. The van der Waals surface area contributed by atoms with Gasteiger partial charge in [0.1, 0.15) is 0 Å². The van der Waals surface area contributed by atoms with Crippen molar-refractivity contribution in [2.45, 2.75) is 27.7 Å². The van der Waals surface area contributed by atoms with Crippen molar-refractivity contribution in [3.05, 3.63) is 67.1 Å². The van der Waals surface area contributed by atoms with Crippen LogP contribution in [-0.4, -0.2) is 5.78 Å². The second kappa shape index (κ2) is 5.71. The van der Waals surface area contributed by atoms with Gasteiger partial charge in [0.25, 0.3) is 0 Å². The van der Waals surface area contributed by atoms with Gasteiger partial charge in [0.15, 0.2) is 5.78 Å². The number of halogens is 2. The van der Waals surface area contributed by atoms with E-state index >= 15 is 0 Å². The van der Waals surface area contributed by atoms with Gasteiger partial charge in [-0.1, -0.05) is 33.6 Å². The summed E-state index contributed by atoms with van der Waals surface area (Å²) < 4.78 is 0.868. The highest BCUT2D eigenvalue weighted by molar-refractivity contribution is 9.10. The molecule has 0 spiro atoms. The van der Waals surface area contributed by atoms with Crippen LogP contribution in [0, 0.1) is 27.7 Å². The van der Waals surface area contributed by atoms with Crippen LogP contribution >= 0.6 is 27.5 Å². The van der Waals surface area contributed by atoms with Gasteiger partial charge in [-0.3, -0.25) is 4.79 Å². The van der Waals surface area contributed by atoms with Gasteiger partial charge in [-0.05, 0) is 68.1 Å². The van der Waals surface area contributed by atoms with Gasteiger partial charge in [-0.2, -0.15) is 0 Å². The van der Waals surface area contributed by atoms with Crippen molar-refractivity contribution in [2.24, 2.45) is 0 Å². The summed E-state index contributed by atoms with van der Waals surface area (Å²) >= 11 is 9.57. The van der Waals surface area contributed by atoms with Gasteiger partial charge in [0, 0.05) is 15.6 Å². The summed E-state index contributed by atoms with van der Waals surface area (Å²) in [6.45, 7) is 8.03. The van der Waals surface area contributed by atoms with Crippen molar-refractivity contribution < 1.29 is 4.79 Å². The fraction of sp³-hybridized carbons (Fsp3) is 0.235. The minimum Gasteiger partial charge on any atom is -0.289 e. The van der Waals surface area contributed by atoms with Gasteiger partial charge in [0.05, 0.1) is 5.02 Å². The molecule has 2 aromatic carbocycles. The average Bonchev–Trinajstić information content (AvgIpc) is 2.36. The van der Waals surface area contributed by atoms with E-state index in [4.69, 9.17) is 11.6 Å². The van der Waals surface area contributed by atoms with E-state index in [1.165, 1.54) is 0 Å². The Balaban J connectivity index is 2.65. The van der Waals surface area contributed by atoms with E-state index in [2.05, 4.69) is 22.0 Å². The Hall–Kier alpha value is -1.12. The topological polar surface area (TPSA) is 17.1 Å². The lowest BCUT2D eigenvalue weighted by Gasteiger charge is -2.15. The van der Waals surface area contributed by atoms with Gasteiger partial charge < -0.3 is 0 Å². The predicted molar refractivity (Wildman–Crippen MR) is 88.0 cm³/mol. The Morgan fingerprint density at radius 2 is 1.55 bits per heavy atom. The SMILES string of the molecule is Cc1cc(C)c(C)c(C(=O)c2ccc(Br)cc2Cl)c1C. The molecule has 0 fully saturated rings. The highest BCUT2D eigenvalue weighted by Crippen LogP contribution is 2.28.